The van der Waals surface area contributed by atoms with Crippen LogP contribution in [0.3, 0.4) is 0 Å². The Balaban J connectivity index is 1.85. The number of methoxy groups -OCH3 is 2. The maximum absolute atomic E-state index is 12.5. The zero-order chi connectivity index (χ0) is 22.8. The first-order valence-electron chi connectivity index (χ1n) is 11.4. The Kier molecular flexibility index (Phi) is 10.2. The van der Waals surface area contributed by atoms with Crippen molar-refractivity contribution in [1.29, 1.82) is 0 Å². The highest BCUT2D eigenvalue weighted by Crippen LogP contribution is 2.28. The maximum Gasteiger partial charge on any atom is 0.160 e. The van der Waals surface area contributed by atoms with Crippen molar-refractivity contribution in [2.75, 3.05) is 27.3 Å². The van der Waals surface area contributed by atoms with Crippen molar-refractivity contribution in [3.05, 3.63) is 23.8 Å². The molecular formula is C25H37NO5. The predicted molar refractivity (Wildman–Crippen MR) is 121 cm³/mol. The molecule has 1 aliphatic rings. The van der Waals surface area contributed by atoms with E-state index in [1.807, 2.05) is 18.2 Å². The first kappa shape index (κ1) is 25.1. The van der Waals surface area contributed by atoms with E-state index in [0.717, 1.165) is 31.5 Å². The number of benzene rings is 1. The van der Waals surface area contributed by atoms with Gasteiger partial charge in [0.05, 0.1) is 20.1 Å². The topological polar surface area (TPSA) is 72.9 Å². The number of carbonyl (C=O) groups is 3. The highest BCUT2D eigenvalue weighted by molar-refractivity contribution is 6.08. The molecule has 1 fully saturated rings. The third-order valence-electron chi connectivity index (χ3n) is 6.36. The van der Waals surface area contributed by atoms with Gasteiger partial charge in [0.1, 0.15) is 17.3 Å². The summed E-state index contributed by atoms with van der Waals surface area (Å²) in [5, 5.41) is 0. The number of carbonyl (C=O) groups excluding carboxylic acids is 3. The van der Waals surface area contributed by atoms with Gasteiger partial charge in [-0.2, -0.15) is 0 Å². The molecule has 0 radical (unpaired) electrons. The lowest BCUT2D eigenvalue weighted by atomic mass is 9.92. The normalized spacial score (nSPS) is 15.5. The third kappa shape index (κ3) is 7.17. The molecule has 6 heteroatoms. The molecule has 2 rings (SSSR count). The van der Waals surface area contributed by atoms with E-state index >= 15 is 0 Å². The van der Waals surface area contributed by atoms with E-state index in [1.165, 1.54) is 0 Å². The number of nitrogens with zero attached hydrogens (tertiary/aromatic N) is 1. The van der Waals surface area contributed by atoms with Gasteiger partial charge in [0.15, 0.2) is 11.5 Å². The lowest BCUT2D eigenvalue weighted by Crippen LogP contribution is -2.38. The van der Waals surface area contributed by atoms with Gasteiger partial charge in [0, 0.05) is 31.7 Å². The maximum atomic E-state index is 12.5. The van der Waals surface area contributed by atoms with Crippen molar-refractivity contribution in [2.24, 2.45) is 5.92 Å². The van der Waals surface area contributed by atoms with E-state index in [2.05, 4.69) is 18.7 Å². The molecule has 1 saturated carbocycles. The Hall–Kier alpha value is -2.21. The molecule has 1 aromatic rings. The van der Waals surface area contributed by atoms with Crippen LogP contribution in [0.15, 0.2) is 18.2 Å². The summed E-state index contributed by atoms with van der Waals surface area (Å²) in [7, 11) is 3.23. The van der Waals surface area contributed by atoms with E-state index < -0.39 is 5.92 Å². The van der Waals surface area contributed by atoms with Crippen LogP contribution < -0.4 is 9.47 Å². The van der Waals surface area contributed by atoms with Crippen molar-refractivity contribution in [2.45, 2.75) is 71.3 Å². The fourth-order valence-corrected chi connectivity index (χ4v) is 4.48. The zero-order valence-electron chi connectivity index (χ0n) is 19.4. The van der Waals surface area contributed by atoms with Gasteiger partial charge in [-0.25, -0.2) is 0 Å². The summed E-state index contributed by atoms with van der Waals surface area (Å²) in [6.45, 7) is 5.87. The number of ether oxygens (including phenoxy) is 2. The third-order valence-corrected chi connectivity index (χ3v) is 6.36. The molecule has 1 atom stereocenters. The summed E-state index contributed by atoms with van der Waals surface area (Å²) < 4.78 is 10.6. The van der Waals surface area contributed by atoms with Gasteiger partial charge in [0.25, 0.3) is 0 Å². The number of ketones is 3. The van der Waals surface area contributed by atoms with Crippen molar-refractivity contribution in [3.8, 4) is 11.5 Å². The van der Waals surface area contributed by atoms with Gasteiger partial charge < -0.3 is 14.4 Å². The fraction of sp³-hybridized carbons (Fsp3) is 0.640. The Morgan fingerprint density at radius 1 is 1.03 bits per heavy atom. The van der Waals surface area contributed by atoms with Crippen LogP contribution >= 0.6 is 0 Å². The van der Waals surface area contributed by atoms with Crippen LogP contribution in [0.1, 0.15) is 64.4 Å². The molecule has 0 N–H and O–H groups in total. The summed E-state index contributed by atoms with van der Waals surface area (Å²) in [6, 6.07) is 5.93. The second kappa shape index (κ2) is 12.6. The molecule has 6 nitrogen and oxygen atoms in total. The van der Waals surface area contributed by atoms with Crippen LogP contribution in [-0.2, 0) is 20.8 Å². The molecule has 0 aromatic heterocycles. The van der Waals surface area contributed by atoms with Crippen molar-refractivity contribution in [1.82, 2.24) is 4.90 Å². The standard InChI is InChI=1S/C25H37NO5/c1-5-26(6-2)19(17-21-22(28)13-14-23(21)29)11-12-20(27)9-7-8-18-10-15-24(30-3)25(16-18)31-4/h10,15-16,19,21H,5-9,11-14,17H2,1-4H3. The summed E-state index contributed by atoms with van der Waals surface area (Å²) in [6.07, 6.45) is 4.61. The number of Topliss-reactive ketones (excluding diaryl/α,β-unsaturated/α-hetero) is 3. The molecule has 0 spiro atoms. The first-order valence-corrected chi connectivity index (χ1v) is 11.4. The fourth-order valence-electron chi connectivity index (χ4n) is 4.48. The van der Waals surface area contributed by atoms with Gasteiger partial charge in [-0.15, -0.1) is 0 Å². The van der Waals surface area contributed by atoms with E-state index in [-0.39, 0.29) is 23.4 Å². The van der Waals surface area contributed by atoms with Gasteiger partial charge in [-0.05, 0) is 56.5 Å². The highest BCUT2D eigenvalue weighted by Gasteiger charge is 2.35. The summed E-state index contributed by atoms with van der Waals surface area (Å²) in [5.74, 6) is 1.31. The zero-order valence-corrected chi connectivity index (χ0v) is 19.4. The quantitative estimate of drug-likeness (QED) is 0.414. The SMILES string of the molecule is CCN(CC)C(CCC(=O)CCCc1ccc(OC)c(OC)c1)CC1C(=O)CCC1=O. The lowest BCUT2D eigenvalue weighted by molar-refractivity contribution is -0.128. The Morgan fingerprint density at radius 2 is 1.68 bits per heavy atom. The van der Waals surface area contributed by atoms with Crippen LogP contribution in [0.5, 0.6) is 11.5 Å². The molecule has 0 amide bonds. The van der Waals surface area contributed by atoms with Gasteiger partial charge in [-0.1, -0.05) is 19.9 Å². The molecule has 31 heavy (non-hydrogen) atoms. The minimum atomic E-state index is -0.467. The Labute approximate surface area is 186 Å². The number of hydrogen-bond acceptors (Lipinski definition) is 6. The Morgan fingerprint density at radius 3 is 2.26 bits per heavy atom. The highest BCUT2D eigenvalue weighted by atomic mass is 16.5. The lowest BCUT2D eigenvalue weighted by Gasteiger charge is -2.31. The summed E-state index contributed by atoms with van der Waals surface area (Å²) in [5.41, 5.74) is 1.12. The first-order chi connectivity index (χ1) is 14.9. The number of aryl methyl sites for hydroxylation is 1. The van der Waals surface area contributed by atoms with Crippen LogP contribution in [0, 0.1) is 5.92 Å². The minimum absolute atomic E-state index is 0.0726. The average molecular weight is 432 g/mol. The monoisotopic (exact) mass is 431 g/mol. The molecule has 1 aromatic carbocycles. The van der Waals surface area contributed by atoms with Crippen molar-refractivity contribution in [3.63, 3.8) is 0 Å². The van der Waals surface area contributed by atoms with Crippen LogP contribution in [0.4, 0.5) is 0 Å². The molecule has 1 unspecified atom stereocenters. The number of hydrogen-bond donors (Lipinski definition) is 0. The Bertz CT molecular complexity index is 740. The van der Waals surface area contributed by atoms with Gasteiger partial charge >= 0.3 is 0 Å². The van der Waals surface area contributed by atoms with E-state index in [9.17, 15) is 14.4 Å². The molecule has 172 valence electrons. The largest absolute Gasteiger partial charge is 0.493 e. The molecule has 0 aliphatic heterocycles. The second-order valence-electron chi connectivity index (χ2n) is 8.22. The van der Waals surface area contributed by atoms with Crippen molar-refractivity contribution >= 4 is 17.3 Å². The molecular weight excluding hydrogens is 394 g/mol. The van der Waals surface area contributed by atoms with E-state index in [0.29, 0.717) is 50.0 Å². The van der Waals surface area contributed by atoms with Crippen LogP contribution in [0.25, 0.3) is 0 Å². The minimum Gasteiger partial charge on any atom is -0.493 e. The number of rotatable bonds is 14. The van der Waals surface area contributed by atoms with Gasteiger partial charge in [0.2, 0.25) is 0 Å². The smallest absolute Gasteiger partial charge is 0.160 e. The van der Waals surface area contributed by atoms with E-state index in [4.69, 9.17) is 9.47 Å². The summed E-state index contributed by atoms with van der Waals surface area (Å²) in [4.78, 5) is 39.0. The summed E-state index contributed by atoms with van der Waals surface area (Å²) >= 11 is 0. The van der Waals surface area contributed by atoms with Crippen molar-refractivity contribution < 1.29 is 23.9 Å². The second-order valence-corrected chi connectivity index (χ2v) is 8.22. The van der Waals surface area contributed by atoms with Crippen LogP contribution in [0.2, 0.25) is 0 Å². The molecule has 0 bridgehead atoms. The molecule has 0 heterocycles. The molecule has 1 aliphatic carbocycles. The van der Waals surface area contributed by atoms with E-state index in [1.54, 1.807) is 14.2 Å². The predicted octanol–water partition coefficient (Wildman–Crippen LogP) is 4.02. The average Bonchev–Trinajstić information content (AvgIpc) is 3.09. The van der Waals surface area contributed by atoms with Crippen LogP contribution in [-0.4, -0.2) is 55.6 Å². The van der Waals surface area contributed by atoms with Gasteiger partial charge in [-0.3, -0.25) is 14.4 Å². The molecule has 0 saturated heterocycles.